The summed E-state index contributed by atoms with van der Waals surface area (Å²) in [5.74, 6) is -2.17. The SMILES string of the molecule is CN(C)C[C@H](NC(=O)OCC1c2ccccc2-c2ccccc21)C(=O)NC[C@H](O)C(=O)O. The second-order valence-electron chi connectivity index (χ2n) is 7.88. The van der Waals surface area contributed by atoms with Crippen molar-refractivity contribution in [1.29, 1.82) is 0 Å². The van der Waals surface area contributed by atoms with E-state index in [0.29, 0.717) is 0 Å². The molecular formula is C23H27N3O6. The van der Waals surface area contributed by atoms with Gasteiger partial charge in [0.2, 0.25) is 5.91 Å². The number of nitrogens with one attached hydrogen (secondary N) is 2. The highest BCUT2D eigenvalue weighted by Crippen LogP contribution is 2.44. The second kappa shape index (κ2) is 10.3. The highest BCUT2D eigenvalue weighted by molar-refractivity contribution is 5.86. The summed E-state index contributed by atoms with van der Waals surface area (Å²) in [6, 6.07) is 14.9. The van der Waals surface area contributed by atoms with E-state index in [2.05, 4.69) is 10.6 Å². The number of rotatable bonds is 9. The van der Waals surface area contributed by atoms with Gasteiger partial charge in [-0.15, -0.1) is 0 Å². The van der Waals surface area contributed by atoms with Crippen LogP contribution in [0.2, 0.25) is 0 Å². The molecule has 2 aromatic rings. The lowest BCUT2D eigenvalue weighted by Crippen LogP contribution is -2.53. The molecule has 2 amide bonds. The van der Waals surface area contributed by atoms with E-state index in [-0.39, 0.29) is 19.1 Å². The number of hydrogen-bond donors (Lipinski definition) is 4. The third-order valence-corrected chi connectivity index (χ3v) is 5.25. The van der Waals surface area contributed by atoms with Crippen LogP contribution in [0.5, 0.6) is 0 Å². The second-order valence-corrected chi connectivity index (χ2v) is 7.88. The smallest absolute Gasteiger partial charge is 0.407 e. The fourth-order valence-corrected chi connectivity index (χ4v) is 3.75. The Balaban J connectivity index is 1.63. The summed E-state index contributed by atoms with van der Waals surface area (Å²) < 4.78 is 5.47. The van der Waals surface area contributed by atoms with Gasteiger partial charge < -0.3 is 30.5 Å². The Morgan fingerprint density at radius 2 is 1.59 bits per heavy atom. The van der Waals surface area contributed by atoms with E-state index < -0.39 is 36.7 Å². The molecule has 2 aromatic carbocycles. The highest BCUT2D eigenvalue weighted by atomic mass is 16.5. The van der Waals surface area contributed by atoms with Gasteiger partial charge in [0, 0.05) is 12.5 Å². The fraction of sp³-hybridized carbons (Fsp3) is 0.348. The molecule has 9 heteroatoms. The average molecular weight is 441 g/mol. The molecule has 170 valence electrons. The van der Waals surface area contributed by atoms with Crippen LogP contribution in [0.1, 0.15) is 17.0 Å². The van der Waals surface area contributed by atoms with Crippen LogP contribution in [-0.2, 0) is 14.3 Å². The molecule has 0 fully saturated rings. The van der Waals surface area contributed by atoms with Gasteiger partial charge in [-0.05, 0) is 36.3 Å². The van der Waals surface area contributed by atoms with Crippen LogP contribution in [0.3, 0.4) is 0 Å². The first-order chi connectivity index (χ1) is 15.3. The maximum Gasteiger partial charge on any atom is 0.407 e. The van der Waals surface area contributed by atoms with E-state index >= 15 is 0 Å². The number of carboxylic acid groups (broad SMARTS) is 1. The molecule has 0 heterocycles. The minimum atomic E-state index is -1.73. The molecule has 1 aliphatic carbocycles. The Morgan fingerprint density at radius 3 is 2.12 bits per heavy atom. The maximum absolute atomic E-state index is 12.5. The number of likely N-dealkylation sites (N-methyl/N-ethyl adjacent to an activating group) is 1. The van der Waals surface area contributed by atoms with Crippen LogP contribution >= 0.6 is 0 Å². The summed E-state index contributed by atoms with van der Waals surface area (Å²) in [4.78, 5) is 37.3. The van der Waals surface area contributed by atoms with E-state index in [1.807, 2.05) is 48.5 Å². The van der Waals surface area contributed by atoms with Crippen molar-refractivity contribution >= 4 is 18.0 Å². The molecule has 4 N–H and O–H groups in total. The molecule has 2 atom stereocenters. The minimum Gasteiger partial charge on any atom is -0.479 e. The molecule has 0 radical (unpaired) electrons. The number of aliphatic hydroxyl groups is 1. The van der Waals surface area contributed by atoms with Crippen molar-refractivity contribution in [2.24, 2.45) is 0 Å². The molecule has 0 bridgehead atoms. The first kappa shape index (κ1) is 23.2. The van der Waals surface area contributed by atoms with E-state index in [4.69, 9.17) is 9.84 Å². The van der Waals surface area contributed by atoms with E-state index in [1.165, 1.54) is 0 Å². The predicted octanol–water partition coefficient (Wildman–Crippen LogP) is 1.02. The number of nitrogens with zero attached hydrogens (tertiary/aromatic N) is 1. The molecule has 3 rings (SSSR count). The number of carboxylic acids is 1. The quantitative estimate of drug-likeness (QED) is 0.457. The van der Waals surface area contributed by atoms with Crippen molar-refractivity contribution in [1.82, 2.24) is 15.5 Å². The van der Waals surface area contributed by atoms with Crippen molar-refractivity contribution < 1.29 is 29.3 Å². The topological polar surface area (TPSA) is 128 Å². The van der Waals surface area contributed by atoms with Crippen molar-refractivity contribution in [3.05, 3.63) is 59.7 Å². The van der Waals surface area contributed by atoms with Gasteiger partial charge >= 0.3 is 12.1 Å². The number of fused-ring (bicyclic) bond motifs is 3. The summed E-state index contributed by atoms with van der Waals surface area (Å²) in [6.07, 6.45) is -2.49. The number of hydrogen-bond acceptors (Lipinski definition) is 6. The lowest BCUT2D eigenvalue weighted by atomic mass is 9.98. The Hall–Kier alpha value is -3.43. The van der Waals surface area contributed by atoms with E-state index in [0.717, 1.165) is 22.3 Å². The molecule has 9 nitrogen and oxygen atoms in total. The predicted molar refractivity (Wildman–Crippen MR) is 117 cm³/mol. The van der Waals surface area contributed by atoms with Gasteiger partial charge in [-0.1, -0.05) is 48.5 Å². The number of ether oxygens (including phenoxy) is 1. The molecule has 0 unspecified atom stereocenters. The summed E-state index contributed by atoms with van der Waals surface area (Å²) in [5.41, 5.74) is 4.37. The number of carbonyl (C=O) groups excluding carboxylic acids is 2. The van der Waals surface area contributed by atoms with Gasteiger partial charge in [0.05, 0.1) is 6.54 Å². The molecule has 0 aromatic heterocycles. The van der Waals surface area contributed by atoms with Crippen LogP contribution < -0.4 is 10.6 Å². The fourth-order valence-electron chi connectivity index (χ4n) is 3.75. The number of amides is 2. The number of aliphatic carboxylic acids is 1. The molecule has 1 aliphatic rings. The summed E-state index contributed by atoms with van der Waals surface area (Å²) in [5, 5.41) is 22.9. The molecule has 0 aliphatic heterocycles. The lowest BCUT2D eigenvalue weighted by Gasteiger charge is -2.22. The Bertz CT molecular complexity index is 948. The number of alkyl carbamates (subject to hydrolysis) is 1. The zero-order valence-electron chi connectivity index (χ0n) is 17.9. The molecule has 0 saturated carbocycles. The van der Waals surface area contributed by atoms with Crippen LogP contribution in [0.4, 0.5) is 4.79 Å². The summed E-state index contributed by atoms with van der Waals surface area (Å²) in [7, 11) is 3.46. The standard InChI is InChI=1S/C23H27N3O6/c1-26(2)12-19(21(28)24-11-20(27)22(29)30)25-23(31)32-13-18-16-9-5-3-7-14(16)15-8-4-6-10-17(15)18/h3-10,18-20,27H,11-13H2,1-2H3,(H,24,28)(H,25,31)(H,29,30)/t19-,20-/m0/s1. The van der Waals surface area contributed by atoms with Gasteiger partial charge in [-0.2, -0.15) is 0 Å². The third-order valence-electron chi connectivity index (χ3n) is 5.25. The van der Waals surface area contributed by atoms with E-state index in [9.17, 15) is 19.5 Å². The first-order valence-corrected chi connectivity index (χ1v) is 10.2. The minimum absolute atomic E-state index is 0.105. The van der Waals surface area contributed by atoms with Gasteiger partial charge in [-0.25, -0.2) is 9.59 Å². The number of carbonyl (C=O) groups is 3. The maximum atomic E-state index is 12.5. The Labute approximate surface area is 186 Å². The van der Waals surface area contributed by atoms with Crippen molar-refractivity contribution in [3.63, 3.8) is 0 Å². The third kappa shape index (κ3) is 5.43. The molecule has 0 spiro atoms. The monoisotopic (exact) mass is 441 g/mol. The summed E-state index contributed by atoms with van der Waals surface area (Å²) >= 11 is 0. The Morgan fingerprint density at radius 1 is 1.03 bits per heavy atom. The lowest BCUT2D eigenvalue weighted by molar-refractivity contribution is -0.146. The zero-order valence-corrected chi connectivity index (χ0v) is 17.9. The number of benzene rings is 2. The average Bonchev–Trinajstić information content (AvgIpc) is 3.08. The van der Waals surface area contributed by atoms with Crippen LogP contribution in [-0.4, -0.2) is 79.0 Å². The van der Waals surface area contributed by atoms with Crippen molar-refractivity contribution in [2.45, 2.75) is 18.1 Å². The van der Waals surface area contributed by atoms with E-state index in [1.54, 1.807) is 19.0 Å². The molecular weight excluding hydrogens is 414 g/mol. The van der Waals surface area contributed by atoms with Gasteiger partial charge in [0.15, 0.2) is 6.10 Å². The highest BCUT2D eigenvalue weighted by Gasteiger charge is 2.30. The van der Waals surface area contributed by atoms with Crippen molar-refractivity contribution in [2.75, 3.05) is 33.8 Å². The Kier molecular flexibility index (Phi) is 7.45. The first-order valence-electron chi connectivity index (χ1n) is 10.2. The van der Waals surface area contributed by atoms with Crippen molar-refractivity contribution in [3.8, 4) is 11.1 Å². The molecule has 0 saturated heterocycles. The largest absolute Gasteiger partial charge is 0.479 e. The van der Waals surface area contributed by atoms with Crippen LogP contribution in [0.15, 0.2) is 48.5 Å². The normalized spacial score (nSPS) is 14.2. The van der Waals surface area contributed by atoms with Gasteiger partial charge in [-0.3, -0.25) is 4.79 Å². The van der Waals surface area contributed by atoms with Crippen LogP contribution in [0.25, 0.3) is 11.1 Å². The van der Waals surface area contributed by atoms with Gasteiger partial charge in [0.25, 0.3) is 0 Å². The van der Waals surface area contributed by atoms with Crippen LogP contribution in [0, 0.1) is 0 Å². The number of aliphatic hydroxyl groups excluding tert-OH is 1. The molecule has 32 heavy (non-hydrogen) atoms. The van der Waals surface area contributed by atoms with Gasteiger partial charge in [0.1, 0.15) is 12.6 Å². The summed E-state index contributed by atoms with van der Waals surface area (Å²) in [6.45, 7) is -0.197. The zero-order chi connectivity index (χ0) is 23.3.